The molecule has 0 N–H and O–H groups in total. The van der Waals surface area contributed by atoms with Crippen molar-refractivity contribution in [1.29, 1.82) is 0 Å². The SMILES string of the molecule is CCCCCCCC/C=C\CCCCCCCCOOC. The van der Waals surface area contributed by atoms with E-state index in [-0.39, 0.29) is 0 Å². The lowest BCUT2D eigenvalue weighted by molar-refractivity contribution is -0.272. The molecule has 0 saturated carbocycles. The molecule has 0 aromatic heterocycles. The number of hydrogen-bond donors (Lipinski definition) is 0. The first-order valence-electron chi connectivity index (χ1n) is 9.22. The van der Waals surface area contributed by atoms with Crippen LogP contribution >= 0.6 is 0 Å². The predicted molar refractivity (Wildman–Crippen MR) is 92.4 cm³/mol. The maximum Gasteiger partial charge on any atom is 0.0822 e. The molecule has 0 radical (unpaired) electrons. The molecule has 0 heterocycles. The summed E-state index contributed by atoms with van der Waals surface area (Å²) in [6, 6.07) is 0. The van der Waals surface area contributed by atoms with Crippen LogP contribution in [-0.2, 0) is 9.78 Å². The molecule has 0 spiro atoms. The lowest BCUT2D eigenvalue weighted by Crippen LogP contribution is -1.92. The van der Waals surface area contributed by atoms with Crippen molar-refractivity contribution in [2.75, 3.05) is 13.7 Å². The second kappa shape index (κ2) is 19.7. The van der Waals surface area contributed by atoms with E-state index < -0.39 is 0 Å². The number of hydrogen-bond acceptors (Lipinski definition) is 2. The van der Waals surface area contributed by atoms with E-state index in [0.29, 0.717) is 0 Å². The first kappa shape index (κ1) is 20.7. The summed E-state index contributed by atoms with van der Waals surface area (Å²) in [5.74, 6) is 0. The van der Waals surface area contributed by atoms with Crippen molar-refractivity contribution in [3.05, 3.63) is 12.2 Å². The highest BCUT2D eigenvalue weighted by molar-refractivity contribution is 4.81. The van der Waals surface area contributed by atoms with Crippen LogP contribution in [0.2, 0.25) is 0 Å². The molecule has 0 atom stereocenters. The van der Waals surface area contributed by atoms with Gasteiger partial charge in [-0.05, 0) is 32.1 Å². The minimum Gasteiger partial charge on any atom is -0.240 e. The summed E-state index contributed by atoms with van der Waals surface area (Å²) in [7, 11) is 1.57. The van der Waals surface area contributed by atoms with Crippen LogP contribution in [0.5, 0.6) is 0 Å². The molecule has 0 aliphatic rings. The highest BCUT2D eigenvalue weighted by Crippen LogP contribution is 2.09. The second-order valence-corrected chi connectivity index (χ2v) is 5.93. The second-order valence-electron chi connectivity index (χ2n) is 5.93. The van der Waals surface area contributed by atoms with Gasteiger partial charge in [0.1, 0.15) is 0 Å². The van der Waals surface area contributed by atoms with Gasteiger partial charge >= 0.3 is 0 Å². The molecule has 0 aliphatic heterocycles. The molecule has 126 valence electrons. The normalized spacial score (nSPS) is 11.5. The van der Waals surface area contributed by atoms with E-state index in [1.54, 1.807) is 7.11 Å². The molecule has 0 aromatic rings. The fourth-order valence-corrected chi connectivity index (χ4v) is 2.49. The van der Waals surface area contributed by atoms with Crippen LogP contribution in [0.25, 0.3) is 0 Å². The molecule has 0 fully saturated rings. The van der Waals surface area contributed by atoms with Gasteiger partial charge in [0.15, 0.2) is 0 Å². The Bertz CT molecular complexity index is 202. The van der Waals surface area contributed by atoms with Crippen LogP contribution in [0, 0.1) is 0 Å². The quantitative estimate of drug-likeness (QED) is 0.130. The van der Waals surface area contributed by atoms with Crippen LogP contribution in [0.1, 0.15) is 96.8 Å². The smallest absolute Gasteiger partial charge is 0.0822 e. The van der Waals surface area contributed by atoms with Crippen molar-refractivity contribution in [2.24, 2.45) is 0 Å². The fraction of sp³-hybridized carbons (Fsp3) is 0.895. The first-order valence-corrected chi connectivity index (χ1v) is 9.22. The van der Waals surface area contributed by atoms with E-state index in [1.165, 1.54) is 83.5 Å². The van der Waals surface area contributed by atoms with Gasteiger partial charge in [-0.25, -0.2) is 9.78 Å². The summed E-state index contributed by atoms with van der Waals surface area (Å²) in [6.07, 6.45) is 23.5. The average Bonchev–Trinajstić information content (AvgIpc) is 2.50. The zero-order chi connectivity index (χ0) is 15.4. The number of rotatable bonds is 17. The zero-order valence-corrected chi connectivity index (χ0v) is 14.6. The molecule has 21 heavy (non-hydrogen) atoms. The van der Waals surface area contributed by atoms with Gasteiger partial charge in [-0.2, -0.15) is 0 Å². The van der Waals surface area contributed by atoms with Crippen LogP contribution in [0.4, 0.5) is 0 Å². The maximum absolute atomic E-state index is 4.84. The van der Waals surface area contributed by atoms with Gasteiger partial charge < -0.3 is 0 Å². The van der Waals surface area contributed by atoms with Crippen molar-refractivity contribution < 1.29 is 9.78 Å². The van der Waals surface area contributed by atoms with Crippen molar-refractivity contribution >= 4 is 0 Å². The zero-order valence-electron chi connectivity index (χ0n) is 14.6. The van der Waals surface area contributed by atoms with Gasteiger partial charge in [-0.15, -0.1) is 0 Å². The highest BCUT2D eigenvalue weighted by atomic mass is 17.2. The summed E-state index contributed by atoms with van der Waals surface area (Å²) < 4.78 is 0. The monoisotopic (exact) mass is 298 g/mol. The van der Waals surface area contributed by atoms with Gasteiger partial charge in [0.25, 0.3) is 0 Å². The molecule has 0 bridgehead atoms. The third-order valence-electron chi connectivity index (χ3n) is 3.86. The molecule has 2 heteroatoms. The summed E-state index contributed by atoms with van der Waals surface area (Å²) >= 11 is 0. The topological polar surface area (TPSA) is 18.5 Å². The summed E-state index contributed by atoms with van der Waals surface area (Å²) in [6.45, 7) is 3.01. The summed E-state index contributed by atoms with van der Waals surface area (Å²) in [4.78, 5) is 9.40. The van der Waals surface area contributed by atoms with Crippen molar-refractivity contribution in [1.82, 2.24) is 0 Å². The van der Waals surface area contributed by atoms with E-state index in [1.807, 2.05) is 0 Å². The lowest BCUT2D eigenvalue weighted by Gasteiger charge is -2.01. The Morgan fingerprint density at radius 2 is 1.10 bits per heavy atom. The molecule has 0 saturated heterocycles. The van der Waals surface area contributed by atoms with E-state index >= 15 is 0 Å². The van der Waals surface area contributed by atoms with E-state index in [4.69, 9.17) is 4.89 Å². The van der Waals surface area contributed by atoms with Crippen LogP contribution in [0.15, 0.2) is 12.2 Å². The molecule has 0 aliphatic carbocycles. The third kappa shape index (κ3) is 19.7. The molecule has 0 aromatic carbocycles. The Balaban J connectivity index is 3.02. The molecular formula is C19H38O2. The summed E-state index contributed by atoms with van der Waals surface area (Å²) in [5, 5.41) is 0. The average molecular weight is 299 g/mol. The Hall–Kier alpha value is -0.340. The maximum atomic E-state index is 4.84. The third-order valence-corrected chi connectivity index (χ3v) is 3.86. The minimum atomic E-state index is 0.734. The van der Waals surface area contributed by atoms with Gasteiger partial charge in [0, 0.05) is 0 Å². The van der Waals surface area contributed by atoms with Crippen molar-refractivity contribution in [3.63, 3.8) is 0 Å². The van der Waals surface area contributed by atoms with E-state index in [2.05, 4.69) is 24.0 Å². The highest BCUT2D eigenvalue weighted by Gasteiger charge is 1.92. The summed E-state index contributed by atoms with van der Waals surface area (Å²) in [5.41, 5.74) is 0. The van der Waals surface area contributed by atoms with Gasteiger partial charge in [0.2, 0.25) is 0 Å². The van der Waals surface area contributed by atoms with Crippen LogP contribution in [-0.4, -0.2) is 13.7 Å². The molecule has 0 amide bonds. The van der Waals surface area contributed by atoms with Crippen LogP contribution < -0.4 is 0 Å². The molecular weight excluding hydrogens is 260 g/mol. The van der Waals surface area contributed by atoms with Gasteiger partial charge in [0.05, 0.1) is 13.7 Å². The largest absolute Gasteiger partial charge is 0.240 e. The van der Waals surface area contributed by atoms with E-state index in [0.717, 1.165) is 13.0 Å². The van der Waals surface area contributed by atoms with Gasteiger partial charge in [-0.1, -0.05) is 76.9 Å². The molecule has 0 rings (SSSR count). The molecule has 2 nitrogen and oxygen atoms in total. The van der Waals surface area contributed by atoms with Gasteiger partial charge in [-0.3, -0.25) is 0 Å². The van der Waals surface area contributed by atoms with Crippen LogP contribution in [0.3, 0.4) is 0 Å². The van der Waals surface area contributed by atoms with E-state index in [9.17, 15) is 0 Å². The predicted octanol–water partition coefficient (Wildman–Crippen LogP) is 6.60. The number of unbranched alkanes of at least 4 members (excludes halogenated alkanes) is 12. The standard InChI is InChI=1S/C19H38O2/c1-3-4-5-6-7-8-9-10-11-12-13-14-15-16-17-18-19-21-20-2/h10-11H,3-9,12-19H2,1-2H3/b11-10-. The Morgan fingerprint density at radius 1 is 0.619 bits per heavy atom. The minimum absolute atomic E-state index is 0.734. The Kier molecular flexibility index (Phi) is 19.3. The number of allylic oxidation sites excluding steroid dienone is 2. The Morgan fingerprint density at radius 3 is 1.62 bits per heavy atom. The lowest BCUT2D eigenvalue weighted by atomic mass is 10.1. The Labute approximate surface area is 133 Å². The van der Waals surface area contributed by atoms with Crippen molar-refractivity contribution in [2.45, 2.75) is 96.8 Å². The first-order chi connectivity index (χ1) is 10.4. The molecule has 0 unspecified atom stereocenters. The fourth-order valence-electron chi connectivity index (χ4n) is 2.49. The van der Waals surface area contributed by atoms with Crippen molar-refractivity contribution in [3.8, 4) is 0 Å².